The lowest BCUT2D eigenvalue weighted by Crippen LogP contribution is -2.35. The van der Waals surface area contributed by atoms with Crippen LogP contribution < -0.4 is 16.6 Å². The summed E-state index contributed by atoms with van der Waals surface area (Å²) in [6, 6.07) is 4.07. The predicted octanol–water partition coefficient (Wildman–Crippen LogP) is 1.12. The number of nitrogens with zero attached hydrogens (tertiary/aromatic N) is 1. The van der Waals surface area contributed by atoms with Gasteiger partial charge in [-0.3, -0.25) is 20.8 Å². The second-order valence-electron chi connectivity index (χ2n) is 4.17. The number of benzene rings is 1. The van der Waals surface area contributed by atoms with Crippen LogP contribution in [0.3, 0.4) is 0 Å². The molecule has 0 aromatic heterocycles. The Morgan fingerprint density at radius 2 is 2.32 bits per heavy atom. The van der Waals surface area contributed by atoms with E-state index in [1.807, 2.05) is 0 Å². The molecule has 2 rings (SSSR count). The van der Waals surface area contributed by atoms with E-state index in [0.717, 1.165) is 17.9 Å². The van der Waals surface area contributed by atoms with Crippen molar-refractivity contribution in [3.8, 4) is 0 Å². The Morgan fingerprint density at radius 1 is 1.53 bits per heavy atom. The molecule has 1 saturated heterocycles. The van der Waals surface area contributed by atoms with Crippen LogP contribution >= 0.6 is 11.8 Å². The van der Waals surface area contributed by atoms with Crippen LogP contribution in [-0.4, -0.2) is 28.4 Å². The van der Waals surface area contributed by atoms with Crippen LogP contribution in [0.1, 0.15) is 16.8 Å². The highest BCUT2D eigenvalue weighted by Gasteiger charge is 2.21. The fourth-order valence-electron chi connectivity index (χ4n) is 1.87. The van der Waals surface area contributed by atoms with Crippen molar-refractivity contribution in [3.63, 3.8) is 0 Å². The van der Waals surface area contributed by atoms with Crippen LogP contribution in [0.25, 0.3) is 0 Å². The zero-order valence-corrected chi connectivity index (χ0v) is 10.9. The molecule has 1 aliphatic rings. The van der Waals surface area contributed by atoms with Crippen LogP contribution in [0.4, 0.5) is 11.4 Å². The number of amides is 1. The minimum absolute atomic E-state index is 0.113. The Labute approximate surface area is 114 Å². The first-order chi connectivity index (χ1) is 9.11. The summed E-state index contributed by atoms with van der Waals surface area (Å²) in [5.41, 5.74) is 2.80. The van der Waals surface area contributed by atoms with Crippen LogP contribution in [0, 0.1) is 10.1 Å². The van der Waals surface area contributed by atoms with Crippen molar-refractivity contribution < 1.29 is 9.72 Å². The number of nitrogens with two attached hydrogens (primary N) is 1. The number of carbonyl (C=O) groups excluding carboxylic acids is 1. The van der Waals surface area contributed by atoms with E-state index in [4.69, 9.17) is 5.84 Å². The second kappa shape index (κ2) is 5.89. The zero-order chi connectivity index (χ0) is 13.8. The highest BCUT2D eigenvalue weighted by molar-refractivity contribution is 7.99. The number of rotatable bonds is 4. The fourth-order valence-corrected chi connectivity index (χ4v) is 3.02. The average Bonchev–Trinajstić information content (AvgIpc) is 2.90. The van der Waals surface area contributed by atoms with Crippen molar-refractivity contribution in [2.24, 2.45) is 5.84 Å². The first kappa shape index (κ1) is 13.6. The van der Waals surface area contributed by atoms with E-state index in [1.165, 1.54) is 18.2 Å². The van der Waals surface area contributed by atoms with E-state index in [2.05, 4.69) is 10.7 Å². The minimum Gasteiger partial charge on any atom is -0.348 e. The number of nitro benzene ring substituents is 1. The topological polar surface area (TPSA) is 110 Å². The molecule has 1 heterocycles. The average molecular weight is 282 g/mol. The number of hydrogen-bond acceptors (Lipinski definition) is 6. The summed E-state index contributed by atoms with van der Waals surface area (Å²) in [6.45, 7) is 0. The van der Waals surface area contributed by atoms with E-state index in [1.54, 1.807) is 11.8 Å². The van der Waals surface area contributed by atoms with Crippen molar-refractivity contribution in [2.75, 3.05) is 16.9 Å². The molecule has 0 radical (unpaired) electrons. The van der Waals surface area contributed by atoms with Gasteiger partial charge in [0, 0.05) is 23.9 Å². The number of nitro groups is 1. The van der Waals surface area contributed by atoms with Gasteiger partial charge in [-0.1, -0.05) is 0 Å². The van der Waals surface area contributed by atoms with Crippen LogP contribution in [-0.2, 0) is 0 Å². The van der Waals surface area contributed by atoms with E-state index < -0.39 is 4.92 Å². The third-order valence-corrected chi connectivity index (χ3v) is 4.04. The normalized spacial score (nSPS) is 18.1. The molecule has 1 unspecified atom stereocenters. The van der Waals surface area contributed by atoms with Gasteiger partial charge >= 0.3 is 0 Å². The van der Waals surface area contributed by atoms with Gasteiger partial charge in [-0.2, -0.15) is 11.8 Å². The summed E-state index contributed by atoms with van der Waals surface area (Å²) >= 11 is 1.77. The summed E-state index contributed by atoms with van der Waals surface area (Å²) < 4.78 is 0. The number of hydrogen-bond donors (Lipinski definition) is 3. The summed E-state index contributed by atoms with van der Waals surface area (Å²) in [4.78, 5) is 22.3. The van der Waals surface area contributed by atoms with Crippen molar-refractivity contribution in [3.05, 3.63) is 33.9 Å². The smallest absolute Gasteiger partial charge is 0.270 e. The van der Waals surface area contributed by atoms with Gasteiger partial charge in [-0.05, 0) is 18.2 Å². The molecular weight excluding hydrogens is 268 g/mol. The Kier molecular flexibility index (Phi) is 4.23. The fraction of sp³-hybridized carbons (Fsp3) is 0.364. The molecule has 1 amide bonds. The molecule has 1 aliphatic heterocycles. The van der Waals surface area contributed by atoms with Gasteiger partial charge in [0.05, 0.1) is 16.2 Å². The van der Waals surface area contributed by atoms with Gasteiger partial charge in [0.1, 0.15) is 0 Å². The van der Waals surface area contributed by atoms with Gasteiger partial charge < -0.3 is 10.7 Å². The molecule has 0 bridgehead atoms. The number of anilines is 1. The summed E-state index contributed by atoms with van der Waals surface area (Å²) in [5, 5.41) is 13.6. The lowest BCUT2D eigenvalue weighted by molar-refractivity contribution is -0.384. The molecule has 1 aromatic rings. The maximum Gasteiger partial charge on any atom is 0.270 e. The molecule has 19 heavy (non-hydrogen) atoms. The molecule has 1 fully saturated rings. The van der Waals surface area contributed by atoms with E-state index in [9.17, 15) is 14.9 Å². The molecular formula is C11H14N4O3S. The molecule has 7 nitrogen and oxygen atoms in total. The van der Waals surface area contributed by atoms with E-state index in [-0.39, 0.29) is 23.2 Å². The number of hydrazine groups is 1. The Bertz CT molecular complexity index is 503. The van der Waals surface area contributed by atoms with Crippen molar-refractivity contribution >= 4 is 29.0 Å². The highest BCUT2D eigenvalue weighted by Crippen LogP contribution is 2.23. The maximum absolute atomic E-state index is 12.1. The third kappa shape index (κ3) is 3.15. The van der Waals surface area contributed by atoms with E-state index >= 15 is 0 Å². The van der Waals surface area contributed by atoms with Crippen molar-refractivity contribution in [1.82, 2.24) is 5.32 Å². The summed E-state index contributed by atoms with van der Waals surface area (Å²) in [7, 11) is 0. The Morgan fingerprint density at radius 3 is 2.89 bits per heavy atom. The standard InChI is InChI=1S/C11H14N4O3S/c12-14-10-2-1-8(15(17)18)5-9(10)11(16)13-7-3-4-19-6-7/h1-2,5,7,14H,3-4,6,12H2,(H,13,16). The first-order valence-electron chi connectivity index (χ1n) is 5.75. The lowest BCUT2D eigenvalue weighted by atomic mass is 10.1. The highest BCUT2D eigenvalue weighted by atomic mass is 32.2. The molecule has 0 aliphatic carbocycles. The van der Waals surface area contributed by atoms with Gasteiger partial charge in [-0.15, -0.1) is 0 Å². The van der Waals surface area contributed by atoms with Crippen molar-refractivity contribution in [2.45, 2.75) is 12.5 Å². The minimum atomic E-state index is -0.539. The van der Waals surface area contributed by atoms with Gasteiger partial charge in [0.25, 0.3) is 11.6 Å². The molecule has 1 atom stereocenters. The van der Waals surface area contributed by atoms with Gasteiger partial charge in [-0.25, -0.2) is 0 Å². The largest absolute Gasteiger partial charge is 0.348 e. The van der Waals surface area contributed by atoms with Gasteiger partial charge in [0.15, 0.2) is 0 Å². The molecule has 0 spiro atoms. The summed E-state index contributed by atoms with van der Waals surface area (Å²) in [5.74, 6) is 6.86. The van der Waals surface area contributed by atoms with Gasteiger partial charge in [0.2, 0.25) is 0 Å². The second-order valence-corrected chi connectivity index (χ2v) is 5.32. The Hall–Kier alpha value is -1.80. The third-order valence-electron chi connectivity index (χ3n) is 2.88. The van der Waals surface area contributed by atoms with Crippen LogP contribution in [0.2, 0.25) is 0 Å². The molecule has 0 saturated carbocycles. The SMILES string of the molecule is NNc1ccc([N+](=O)[O-])cc1C(=O)NC1CCSC1. The molecule has 1 aromatic carbocycles. The monoisotopic (exact) mass is 282 g/mol. The number of nitrogen functional groups attached to an aromatic ring is 1. The van der Waals surface area contributed by atoms with Crippen LogP contribution in [0.5, 0.6) is 0 Å². The summed E-state index contributed by atoms with van der Waals surface area (Å²) in [6.07, 6.45) is 0.913. The number of non-ortho nitro benzene ring substituents is 1. The predicted molar refractivity (Wildman–Crippen MR) is 74.1 cm³/mol. The lowest BCUT2D eigenvalue weighted by Gasteiger charge is -2.13. The molecule has 102 valence electrons. The number of thioether (sulfide) groups is 1. The number of carbonyl (C=O) groups is 1. The quantitative estimate of drug-likeness (QED) is 0.433. The first-order valence-corrected chi connectivity index (χ1v) is 6.91. The molecule has 8 heteroatoms. The van der Waals surface area contributed by atoms with Crippen molar-refractivity contribution in [1.29, 1.82) is 0 Å². The molecule has 4 N–H and O–H groups in total. The number of nitrogens with one attached hydrogen (secondary N) is 2. The van der Waals surface area contributed by atoms with E-state index in [0.29, 0.717) is 5.69 Å². The van der Waals surface area contributed by atoms with Crippen LogP contribution in [0.15, 0.2) is 18.2 Å². The maximum atomic E-state index is 12.1. The Balaban J connectivity index is 2.22. The zero-order valence-electron chi connectivity index (χ0n) is 10.1.